The van der Waals surface area contributed by atoms with Crippen LogP contribution < -0.4 is 0 Å². The molecule has 0 aromatic heterocycles. The van der Waals surface area contributed by atoms with Gasteiger partial charge in [-0.1, -0.05) is 12.2 Å². The first-order valence-corrected chi connectivity index (χ1v) is 7.97. The van der Waals surface area contributed by atoms with Crippen LogP contribution in [0, 0.1) is 0 Å². The molecule has 0 fully saturated rings. The molecule has 2 rings (SSSR count). The van der Waals surface area contributed by atoms with Gasteiger partial charge >= 0.3 is 5.97 Å². The smallest absolute Gasteiger partial charge is 0.342 e. The number of aliphatic hydroxyl groups is 1. The number of ketones is 1. The van der Waals surface area contributed by atoms with E-state index in [9.17, 15) is 24.9 Å². The van der Waals surface area contributed by atoms with Crippen LogP contribution in [0.3, 0.4) is 0 Å². The van der Waals surface area contributed by atoms with E-state index >= 15 is 0 Å². The first-order valence-electron chi connectivity index (χ1n) is 7.97. The Hall–Kier alpha value is -2.34. The SMILES string of the molecule is C[C@@H]1C/C=C/CC[C@@H](O)CC(=O)Cc2cc(O)cc(O)c2C(=O)O1. The summed E-state index contributed by atoms with van der Waals surface area (Å²) in [6, 6.07) is 2.30. The normalized spacial score (nSPS) is 24.6. The Bertz CT molecular complexity index is 649. The number of carbonyl (C=O) groups is 2. The summed E-state index contributed by atoms with van der Waals surface area (Å²) in [5.74, 6) is -1.70. The Kier molecular flexibility index (Phi) is 5.98. The second kappa shape index (κ2) is 7.97. The maximum Gasteiger partial charge on any atom is 0.342 e. The highest BCUT2D eigenvalue weighted by Gasteiger charge is 2.23. The van der Waals surface area contributed by atoms with Gasteiger partial charge in [-0.15, -0.1) is 0 Å². The van der Waals surface area contributed by atoms with Gasteiger partial charge in [-0.3, -0.25) is 4.79 Å². The molecule has 0 saturated heterocycles. The molecule has 2 atom stereocenters. The number of Topliss-reactive ketones (excluding diaryl/α,β-unsaturated/α-hetero) is 1. The summed E-state index contributed by atoms with van der Waals surface area (Å²) in [4.78, 5) is 24.5. The van der Waals surface area contributed by atoms with E-state index in [2.05, 4.69) is 0 Å². The van der Waals surface area contributed by atoms with Gasteiger partial charge < -0.3 is 20.1 Å². The van der Waals surface area contributed by atoms with Crippen molar-refractivity contribution >= 4 is 11.8 Å². The van der Waals surface area contributed by atoms with Gasteiger partial charge in [-0.2, -0.15) is 0 Å². The summed E-state index contributed by atoms with van der Waals surface area (Å²) in [7, 11) is 0. The van der Waals surface area contributed by atoms with Gasteiger partial charge in [0.05, 0.1) is 6.10 Å². The van der Waals surface area contributed by atoms with Gasteiger partial charge in [-0.25, -0.2) is 4.79 Å². The number of benzene rings is 1. The van der Waals surface area contributed by atoms with Gasteiger partial charge in [0, 0.05) is 25.3 Å². The number of hydrogen-bond acceptors (Lipinski definition) is 6. The highest BCUT2D eigenvalue weighted by Crippen LogP contribution is 2.29. The monoisotopic (exact) mass is 334 g/mol. The first-order chi connectivity index (χ1) is 11.4. The molecule has 6 nitrogen and oxygen atoms in total. The Morgan fingerprint density at radius 3 is 2.67 bits per heavy atom. The van der Waals surface area contributed by atoms with Gasteiger partial charge in [0.1, 0.15) is 28.9 Å². The van der Waals surface area contributed by atoms with Crippen LogP contribution in [0.25, 0.3) is 0 Å². The summed E-state index contributed by atoms with van der Waals surface area (Å²) in [5.41, 5.74) is 0.0676. The van der Waals surface area contributed by atoms with E-state index in [1.807, 2.05) is 12.2 Å². The average molecular weight is 334 g/mol. The zero-order valence-corrected chi connectivity index (χ0v) is 13.6. The lowest BCUT2D eigenvalue weighted by Gasteiger charge is -2.16. The van der Waals surface area contributed by atoms with E-state index in [0.29, 0.717) is 19.3 Å². The number of cyclic esters (lactones) is 1. The van der Waals surface area contributed by atoms with E-state index in [-0.39, 0.29) is 35.5 Å². The number of rotatable bonds is 0. The average Bonchev–Trinajstić information content (AvgIpc) is 2.44. The molecule has 0 spiro atoms. The molecule has 0 amide bonds. The lowest BCUT2D eigenvalue weighted by atomic mass is 9.97. The number of hydrogen-bond donors (Lipinski definition) is 3. The number of fused-ring (bicyclic) bond motifs is 1. The van der Waals surface area contributed by atoms with Crippen molar-refractivity contribution in [3.05, 3.63) is 35.4 Å². The van der Waals surface area contributed by atoms with Crippen molar-refractivity contribution in [3.8, 4) is 11.5 Å². The first kappa shape index (κ1) is 18.0. The molecule has 130 valence electrons. The predicted octanol–water partition coefficient (Wildman–Crippen LogP) is 2.25. The second-order valence-corrected chi connectivity index (χ2v) is 6.07. The maximum atomic E-state index is 12.3. The van der Waals surface area contributed by atoms with E-state index in [1.54, 1.807) is 6.92 Å². The molecule has 1 aromatic carbocycles. The van der Waals surface area contributed by atoms with Gasteiger partial charge in [-0.05, 0) is 31.4 Å². The third-order valence-electron chi connectivity index (χ3n) is 3.85. The Morgan fingerprint density at radius 2 is 1.92 bits per heavy atom. The number of esters is 1. The molecule has 6 heteroatoms. The fourth-order valence-electron chi connectivity index (χ4n) is 2.68. The van der Waals surface area contributed by atoms with E-state index in [1.165, 1.54) is 6.07 Å². The molecule has 0 aliphatic carbocycles. The molecule has 1 aromatic rings. The molecule has 1 aliphatic heterocycles. The van der Waals surface area contributed by atoms with Crippen LogP contribution in [0.2, 0.25) is 0 Å². The largest absolute Gasteiger partial charge is 0.508 e. The topological polar surface area (TPSA) is 104 Å². The number of allylic oxidation sites excluding steroid dienone is 1. The molecule has 1 aliphatic rings. The summed E-state index contributed by atoms with van der Waals surface area (Å²) in [6.07, 6.45) is 3.96. The predicted molar refractivity (Wildman–Crippen MR) is 87.0 cm³/mol. The standard InChI is InChI=1S/C18H22O6/c1-11-5-3-2-4-6-13(19)9-14(20)7-12-8-15(21)10-16(22)17(12)18(23)24-11/h2-3,8,10-11,13,19,21-22H,4-7,9H2,1H3/b3-2+/t11-,13-/m1/s1. The zero-order chi connectivity index (χ0) is 17.7. The quantitative estimate of drug-likeness (QED) is 0.496. The van der Waals surface area contributed by atoms with Crippen LogP contribution >= 0.6 is 0 Å². The summed E-state index contributed by atoms with van der Waals surface area (Å²) < 4.78 is 5.31. The molecule has 0 unspecified atom stereocenters. The minimum atomic E-state index is -0.760. The Morgan fingerprint density at radius 1 is 1.17 bits per heavy atom. The maximum absolute atomic E-state index is 12.3. The Labute approximate surface area is 140 Å². The molecule has 0 bridgehead atoms. The molecule has 1 heterocycles. The summed E-state index contributed by atoms with van der Waals surface area (Å²) >= 11 is 0. The van der Waals surface area contributed by atoms with Crippen molar-refractivity contribution < 1.29 is 29.6 Å². The van der Waals surface area contributed by atoms with Crippen LogP contribution in [-0.4, -0.2) is 39.3 Å². The number of ether oxygens (including phenoxy) is 1. The van der Waals surface area contributed by atoms with Crippen molar-refractivity contribution in [1.29, 1.82) is 0 Å². The van der Waals surface area contributed by atoms with Crippen LogP contribution in [0.1, 0.15) is 48.5 Å². The second-order valence-electron chi connectivity index (χ2n) is 6.07. The summed E-state index contributed by atoms with van der Waals surface area (Å²) in [6.45, 7) is 1.73. The molecule has 0 saturated carbocycles. The van der Waals surface area contributed by atoms with Gasteiger partial charge in [0.2, 0.25) is 0 Å². The van der Waals surface area contributed by atoms with E-state index < -0.39 is 23.9 Å². The van der Waals surface area contributed by atoms with Gasteiger partial charge in [0.25, 0.3) is 0 Å². The zero-order valence-electron chi connectivity index (χ0n) is 13.6. The highest BCUT2D eigenvalue weighted by molar-refractivity contribution is 5.96. The lowest BCUT2D eigenvalue weighted by molar-refractivity contribution is -0.120. The molecule has 24 heavy (non-hydrogen) atoms. The third-order valence-corrected chi connectivity index (χ3v) is 3.85. The Balaban J connectivity index is 2.37. The minimum Gasteiger partial charge on any atom is -0.508 e. The van der Waals surface area contributed by atoms with E-state index in [4.69, 9.17) is 4.74 Å². The number of phenols is 2. The highest BCUT2D eigenvalue weighted by atomic mass is 16.5. The lowest BCUT2D eigenvalue weighted by Crippen LogP contribution is -2.19. The number of carbonyl (C=O) groups excluding carboxylic acids is 2. The number of aliphatic hydroxyl groups excluding tert-OH is 1. The summed E-state index contributed by atoms with van der Waals surface area (Å²) in [5, 5.41) is 29.5. The fourth-order valence-corrected chi connectivity index (χ4v) is 2.68. The molecular weight excluding hydrogens is 312 g/mol. The minimum absolute atomic E-state index is 0.0465. The van der Waals surface area contributed by atoms with Crippen molar-refractivity contribution in [2.45, 2.75) is 51.2 Å². The molecular formula is C18H22O6. The number of phenolic OH excluding ortho intramolecular Hbond substituents is 2. The van der Waals surface area contributed by atoms with Crippen LogP contribution in [0.4, 0.5) is 0 Å². The van der Waals surface area contributed by atoms with Crippen LogP contribution in [0.5, 0.6) is 11.5 Å². The third kappa shape index (κ3) is 4.83. The van der Waals surface area contributed by atoms with Crippen molar-refractivity contribution in [2.24, 2.45) is 0 Å². The van der Waals surface area contributed by atoms with Crippen molar-refractivity contribution in [1.82, 2.24) is 0 Å². The fraction of sp³-hybridized carbons (Fsp3) is 0.444. The van der Waals surface area contributed by atoms with Crippen LogP contribution in [0.15, 0.2) is 24.3 Å². The van der Waals surface area contributed by atoms with Crippen molar-refractivity contribution in [3.63, 3.8) is 0 Å². The number of aromatic hydroxyl groups is 2. The molecule has 3 N–H and O–H groups in total. The van der Waals surface area contributed by atoms with Gasteiger partial charge in [0.15, 0.2) is 0 Å². The van der Waals surface area contributed by atoms with E-state index in [0.717, 1.165) is 6.07 Å². The van der Waals surface area contributed by atoms with Crippen molar-refractivity contribution in [2.75, 3.05) is 0 Å². The van der Waals surface area contributed by atoms with Crippen LogP contribution in [-0.2, 0) is 16.0 Å². The molecule has 0 radical (unpaired) electrons.